The lowest BCUT2D eigenvalue weighted by atomic mass is 10.1. The Kier molecular flexibility index (Phi) is 8.69. The minimum Gasteiger partial charge on any atom is -0.448 e. The molecule has 10 nitrogen and oxygen atoms in total. The molecule has 0 bridgehead atoms. The van der Waals surface area contributed by atoms with Crippen LogP contribution in [0.1, 0.15) is 19.3 Å². The smallest absolute Gasteiger partial charge is 0.426 e. The number of hydrogen-bond donors (Lipinski definition) is 4. The number of nitrogens with one attached hydrogen (secondary N) is 3. The van der Waals surface area contributed by atoms with E-state index in [-0.39, 0.29) is 6.61 Å². The Morgan fingerprint density at radius 2 is 2.05 bits per heavy atom. The second kappa shape index (κ2) is 10.6. The SMILES string of the molecule is NCCOCCNC(=O)C1CCCCOC(=O)NNC(=O)O1. The van der Waals surface area contributed by atoms with Crippen LogP contribution in [0.5, 0.6) is 0 Å². The van der Waals surface area contributed by atoms with Crippen molar-refractivity contribution in [3.05, 3.63) is 0 Å². The summed E-state index contributed by atoms with van der Waals surface area (Å²) in [5.41, 5.74) is 9.27. The van der Waals surface area contributed by atoms with Crippen LogP contribution in [0.15, 0.2) is 0 Å². The summed E-state index contributed by atoms with van der Waals surface area (Å²) >= 11 is 0. The lowest BCUT2D eigenvalue weighted by Crippen LogP contribution is -2.46. The zero-order valence-electron chi connectivity index (χ0n) is 12.3. The van der Waals surface area contributed by atoms with Crippen molar-refractivity contribution in [3.63, 3.8) is 0 Å². The fourth-order valence-electron chi connectivity index (χ4n) is 1.68. The highest BCUT2D eigenvalue weighted by Gasteiger charge is 2.23. The Morgan fingerprint density at radius 3 is 2.82 bits per heavy atom. The molecular weight excluding hydrogens is 296 g/mol. The molecule has 1 saturated heterocycles. The number of hydrogen-bond acceptors (Lipinski definition) is 7. The van der Waals surface area contributed by atoms with Crippen molar-refractivity contribution in [3.8, 4) is 0 Å². The van der Waals surface area contributed by atoms with Crippen LogP contribution in [0.25, 0.3) is 0 Å². The van der Waals surface area contributed by atoms with Gasteiger partial charge in [-0.1, -0.05) is 0 Å². The number of amides is 3. The average Bonchev–Trinajstić information content (AvgIpc) is 2.53. The zero-order valence-corrected chi connectivity index (χ0v) is 12.3. The highest BCUT2D eigenvalue weighted by molar-refractivity contribution is 5.83. The Labute approximate surface area is 128 Å². The summed E-state index contributed by atoms with van der Waals surface area (Å²) in [4.78, 5) is 34.5. The lowest BCUT2D eigenvalue weighted by Gasteiger charge is -2.17. The van der Waals surface area contributed by atoms with Gasteiger partial charge in [0.15, 0.2) is 6.10 Å². The van der Waals surface area contributed by atoms with E-state index in [4.69, 9.17) is 19.9 Å². The summed E-state index contributed by atoms with van der Waals surface area (Å²) in [5, 5.41) is 2.61. The summed E-state index contributed by atoms with van der Waals surface area (Å²) in [5.74, 6) is -0.419. The predicted molar refractivity (Wildman–Crippen MR) is 74.6 cm³/mol. The molecule has 10 heteroatoms. The Hall–Kier alpha value is -2.07. The summed E-state index contributed by atoms with van der Waals surface area (Å²) in [6, 6.07) is 0. The third kappa shape index (κ3) is 7.64. The van der Waals surface area contributed by atoms with Crippen molar-refractivity contribution in [2.45, 2.75) is 25.4 Å². The number of carbonyl (C=O) groups is 3. The Balaban J connectivity index is 2.41. The quantitative estimate of drug-likeness (QED) is 0.460. The molecule has 0 spiro atoms. The molecule has 0 saturated carbocycles. The fourth-order valence-corrected chi connectivity index (χ4v) is 1.68. The number of carbonyl (C=O) groups excluding carboxylic acids is 3. The molecule has 1 atom stereocenters. The van der Waals surface area contributed by atoms with Gasteiger partial charge in [-0.3, -0.25) is 4.79 Å². The predicted octanol–water partition coefficient (Wildman–Crippen LogP) is -1.00. The monoisotopic (exact) mass is 318 g/mol. The molecule has 1 unspecified atom stereocenters. The van der Waals surface area contributed by atoms with Crippen molar-refractivity contribution < 1.29 is 28.6 Å². The minimum absolute atomic E-state index is 0.197. The van der Waals surface area contributed by atoms with Gasteiger partial charge in [0.25, 0.3) is 5.91 Å². The van der Waals surface area contributed by atoms with Gasteiger partial charge in [-0.05, 0) is 19.3 Å². The van der Waals surface area contributed by atoms with Crippen molar-refractivity contribution in [2.75, 3.05) is 32.9 Å². The molecule has 126 valence electrons. The van der Waals surface area contributed by atoms with Gasteiger partial charge in [0.2, 0.25) is 0 Å². The molecule has 0 aromatic carbocycles. The first-order chi connectivity index (χ1) is 10.6. The molecule has 0 aromatic heterocycles. The van der Waals surface area contributed by atoms with Gasteiger partial charge in [-0.25, -0.2) is 20.4 Å². The first kappa shape index (κ1) is 18.0. The highest BCUT2D eigenvalue weighted by atomic mass is 16.6. The van der Waals surface area contributed by atoms with Gasteiger partial charge in [0.05, 0.1) is 19.8 Å². The van der Waals surface area contributed by atoms with Gasteiger partial charge in [-0.15, -0.1) is 0 Å². The van der Waals surface area contributed by atoms with Gasteiger partial charge < -0.3 is 25.3 Å². The van der Waals surface area contributed by atoms with Crippen molar-refractivity contribution in [1.29, 1.82) is 0 Å². The normalized spacial score (nSPS) is 19.8. The molecule has 1 aliphatic rings. The van der Waals surface area contributed by atoms with Crippen LogP contribution in [0.3, 0.4) is 0 Å². The molecule has 22 heavy (non-hydrogen) atoms. The van der Waals surface area contributed by atoms with E-state index in [2.05, 4.69) is 5.32 Å². The van der Waals surface area contributed by atoms with Crippen LogP contribution >= 0.6 is 0 Å². The number of ether oxygens (including phenoxy) is 3. The number of hydrazine groups is 1. The first-order valence-corrected chi connectivity index (χ1v) is 7.08. The first-order valence-electron chi connectivity index (χ1n) is 7.08. The van der Waals surface area contributed by atoms with E-state index in [0.717, 1.165) is 0 Å². The third-order valence-corrected chi connectivity index (χ3v) is 2.71. The number of rotatable bonds is 6. The van der Waals surface area contributed by atoms with Crippen LogP contribution in [-0.4, -0.2) is 57.1 Å². The van der Waals surface area contributed by atoms with Crippen LogP contribution in [-0.2, 0) is 19.0 Å². The van der Waals surface area contributed by atoms with Crippen LogP contribution in [0.2, 0.25) is 0 Å². The van der Waals surface area contributed by atoms with Crippen LogP contribution in [0.4, 0.5) is 9.59 Å². The van der Waals surface area contributed by atoms with E-state index in [0.29, 0.717) is 45.6 Å². The van der Waals surface area contributed by atoms with E-state index in [1.54, 1.807) is 0 Å². The molecule has 1 fully saturated rings. The second-order valence-corrected chi connectivity index (χ2v) is 4.47. The van der Waals surface area contributed by atoms with E-state index in [1.807, 2.05) is 10.9 Å². The average molecular weight is 318 g/mol. The highest BCUT2D eigenvalue weighted by Crippen LogP contribution is 2.07. The van der Waals surface area contributed by atoms with E-state index < -0.39 is 24.2 Å². The zero-order chi connectivity index (χ0) is 16.2. The largest absolute Gasteiger partial charge is 0.448 e. The molecule has 5 N–H and O–H groups in total. The summed E-state index contributed by atoms with van der Waals surface area (Å²) in [6.45, 7) is 1.64. The minimum atomic E-state index is -0.940. The Morgan fingerprint density at radius 1 is 1.27 bits per heavy atom. The van der Waals surface area contributed by atoms with E-state index >= 15 is 0 Å². The lowest BCUT2D eigenvalue weighted by molar-refractivity contribution is -0.130. The van der Waals surface area contributed by atoms with E-state index in [9.17, 15) is 14.4 Å². The molecule has 3 amide bonds. The van der Waals surface area contributed by atoms with Gasteiger partial charge in [-0.2, -0.15) is 0 Å². The summed E-state index contributed by atoms with van der Waals surface area (Å²) in [7, 11) is 0. The molecule has 0 aromatic rings. The maximum Gasteiger partial charge on any atom is 0.426 e. The van der Waals surface area contributed by atoms with Crippen molar-refractivity contribution >= 4 is 18.1 Å². The van der Waals surface area contributed by atoms with Crippen LogP contribution < -0.4 is 21.9 Å². The number of cyclic esters (lactones) is 2. The molecule has 1 aliphatic heterocycles. The summed E-state index contributed by atoms with van der Waals surface area (Å²) in [6.07, 6.45) is -1.18. The second-order valence-electron chi connectivity index (χ2n) is 4.47. The molecule has 0 radical (unpaired) electrons. The van der Waals surface area contributed by atoms with Gasteiger partial charge >= 0.3 is 12.2 Å². The maximum atomic E-state index is 12.0. The summed E-state index contributed by atoms with van der Waals surface area (Å²) < 4.78 is 14.9. The maximum absolute atomic E-state index is 12.0. The van der Waals surface area contributed by atoms with Crippen molar-refractivity contribution in [1.82, 2.24) is 16.2 Å². The van der Waals surface area contributed by atoms with Crippen LogP contribution in [0, 0.1) is 0 Å². The third-order valence-electron chi connectivity index (χ3n) is 2.71. The molecule has 0 aliphatic carbocycles. The Bertz CT molecular complexity index is 379. The van der Waals surface area contributed by atoms with Crippen molar-refractivity contribution in [2.24, 2.45) is 5.73 Å². The number of nitrogens with two attached hydrogens (primary N) is 1. The molecule has 1 heterocycles. The van der Waals surface area contributed by atoms with E-state index in [1.165, 1.54) is 0 Å². The molecule has 1 rings (SSSR count). The fraction of sp³-hybridized carbons (Fsp3) is 0.750. The van der Waals surface area contributed by atoms with Gasteiger partial charge in [0.1, 0.15) is 0 Å². The van der Waals surface area contributed by atoms with Gasteiger partial charge in [0, 0.05) is 13.1 Å². The topological polar surface area (TPSA) is 141 Å². The molecular formula is C12H22N4O6. The standard InChI is InChI=1S/C12H22N4O6/c13-4-7-20-8-5-14-10(17)9-3-1-2-6-21-11(18)15-16-12(19)22-9/h9H,1-8,13H2,(H,14,17)(H,15,18)(H,16,19).